The number of anilines is 1. The molecule has 1 saturated carbocycles. The monoisotopic (exact) mass is 367 g/mol. The van der Waals surface area contributed by atoms with Crippen molar-refractivity contribution in [2.45, 2.75) is 31.7 Å². The summed E-state index contributed by atoms with van der Waals surface area (Å²) in [5, 5.41) is 13.4. The van der Waals surface area contributed by atoms with Crippen molar-refractivity contribution in [3.63, 3.8) is 0 Å². The van der Waals surface area contributed by atoms with Crippen LogP contribution in [0.5, 0.6) is 5.88 Å². The van der Waals surface area contributed by atoms with Gasteiger partial charge in [0, 0.05) is 29.6 Å². The number of imidazole rings is 1. The molecule has 3 heterocycles. The molecule has 1 aliphatic heterocycles. The Hall–Kier alpha value is -2.05. The van der Waals surface area contributed by atoms with Crippen LogP contribution in [0, 0.1) is 0 Å². The predicted molar refractivity (Wildman–Crippen MR) is 101 cm³/mol. The molecule has 1 aliphatic carbocycles. The van der Waals surface area contributed by atoms with E-state index in [1.165, 1.54) is 12.8 Å². The first-order valence-electron chi connectivity index (χ1n) is 7.56. The standard InChI is InChI=1S/C16H17N5O.2ClH/c22-15-13(20-16(21-15)19-11-4-1-2-5-11)8-10-9-18-14-12(10)6-3-7-17-14;;/h3,6-9,11,22H,1-2,4-5H2,(H2,19,20,21);2*1H. The number of hydrogen-bond donors (Lipinski definition) is 3. The third-order valence-corrected chi connectivity index (χ3v) is 4.13. The fourth-order valence-electron chi connectivity index (χ4n) is 3.01. The Balaban J connectivity index is 0.00000104. The molecule has 24 heavy (non-hydrogen) atoms. The molecule has 8 heteroatoms. The van der Waals surface area contributed by atoms with Crippen molar-refractivity contribution in [1.29, 1.82) is 0 Å². The predicted octanol–water partition coefficient (Wildman–Crippen LogP) is 3.96. The molecule has 2 aromatic heterocycles. The SMILES string of the molecule is Cl.Cl.Oc1nc(NC2CCCC2)[nH]c1C=C1C=Nc2ncccc21. The van der Waals surface area contributed by atoms with Crippen molar-refractivity contribution in [3.05, 3.63) is 29.6 Å². The second-order valence-electron chi connectivity index (χ2n) is 5.68. The van der Waals surface area contributed by atoms with Crippen molar-refractivity contribution in [2.24, 2.45) is 4.99 Å². The Morgan fingerprint density at radius 1 is 1.25 bits per heavy atom. The van der Waals surface area contributed by atoms with Crippen molar-refractivity contribution in [3.8, 4) is 5.88 Å². The molecule has 0 aromatic carbocycles. The summed E-state index contributed by atoms with van der Waals surface area (Å²) in [4.78, 5) is 15.8. The zero-order valence-corrected chi connectivity index (χ0v) is 14.5. The summed E-state index contributed by atoms with van der Waals surface area (Å²) in [6.45, 7) is 0. The van der Waals surface area contributed by atoms with Crippen LogP contribution in [0.3, 0.4) is 0 Å². The number of halogens is 2. The van der Waals surface area contributed by atoms with Crippen molar-refractivity contribution < 1.29 is 5.11 Å². The summed E-state index contributed by atoms with van der Waals surface area (Å²) < 4.78 is 0. The highest BCUT2D eigenvalue weighted by Crippen LogP contribution is 2.32. The third kappa shape index (κ3) is 3.55. The van der Waals surface area contributed by atoms with E-state index in [9.17, 15) is 5.11 Å². The molecule has 128 valence electrons. The van der Waals surface area contributed by atoms with E-state index in [1.54, 1.807) is 12.4 Å². The molecule has 6 nitrogen and oxygen atoms in total. The molecular formula is C16H19Cl2N5O. The van der Waals surface area contributed by atoms with Crippen LogP contribution in [0.2, 0.25) is 0 Å². The third-order valence-electron chi connectivity index (χ3n) is 4.13. The zero-order chi connectivity index (χ0) is 14.9. The highest BCUT2D eigenvalue weighted by Gasteiger charge is 2.18. The van der Waals surface area contributed by atoms with Gasteiger partial charge in [-0.1, -0.05) is 12.8 Å². The maximum absolute atomic E-state index is 10.0. The van der Waals surface area contributed by atoms with E-state index in [2.05, 4.69) is 25.3 Å². The Morgan fingerprint density at radius 2 is 2.04 bits per heavy atom. The van der Waals surface area contributed by atoms with E-state index in [4.69, 9.17) is 0 Å². The van der Waals surface area contributed by atoms with E-state index >= 15 is 0 Å². The molecule has 0 radical (unpaired) electrons. The average Bonchev–Trinajstić information content (AvgIpc) is 3.23. The van der Waals surface area contributed by atoms with Crippen LogP contribution in [-0.2, 0) is 0 Å². The van der Waals surface area contributed by atoms with Gasteiger partial charge >= 0.3 is 0 Å². The molecule has 3 N–H and O–H groups in total. The van der Waals surface area contributed by atoms with Gasteiger partial charge in [0.2, 0.25) is 11.8 Å². The zero-order valence-electron chi connectivity index (χ0n) is 12.9. The maximum Gasteiger partial charge on any atom is 0.238 e. The minimum atomic E-state index is -0.00117. The molecular weight excluding hydrogens is 349 g/mol. The summed E-state index contributed by atoms with van der Waals surface area (Å²) in [5.41, 5.74) is 2.45. The number of aromatic nitrogens is 3. The fraction of sp³-hybridized carbons (Fsp3) is 0.312. The van der Waals surface area contributed by atoms with Gasteiger partial charge < -0.3 is 15.4 Å². The van der Waals surface area contributed by atoms with E-state index in [0.717, 1.165) is 24.0 Å². The lowest BCUT2D eigenvalue weighted by atomic mass is 10.1. The van der Waals surface area contributed by atoms with Gasteiger partial charge in [0.05, 0.1) is 0 Å². The minimum Gasteiger partial charge on any atom is -0.492 e. The minimum absolute atomic E-state index is 0. The maximum atomic E-state index is 10.0. The second-order valence-corrected chi connectivity index (χ2v) is 5.68. The van der Waals surface area contributed by atoms with Gasteiger partial charge in [0.1, 0.15) is 5.69 Å². The van der Waals surface area contributed by atoms with Gasteiger partial charge in [-0.25, -0.2) is 9.98 Å². The second kappa shape index (κ2) is 7.68. The number of pyridine rings is 1. The highest BCUT2D eigenvalue weighted by molar-refractivity contribution is 6.20. The summed E-state index contributed by atoms with van der Waals surface area (Å²) in [6.07, 6.45) is 10.1. The summed E-state index contributed by atoms with van der Waals surface area (Å²) in [7, 11) is 0. The number of hydrogen-bond acceptors (Lipinski definition) is 5. The topological polar surface area (TPSA) is 86.2 Å². The summed E-state index contributed by atoms with van der Waals surface area (Å²) in [5.74, 6) is 1.33. The highest BCUT2D eigenvalue weighted by atomic mass is 35.5. The molecule has 0 amide bonds. The van der Waals surface area contributed by atoms with Gasteiger partial charge in [-0.2, -0.15) is 4.98 Å². The number of nitrogens with zero attached hydrogens (tertiary/aromatic N) is 3. The fourth-order valence-corrected chi connectivity index (χ4v) is 3.01. The van der Waals surface area contributed by atoms with Crippen LogP contribution in [0.15, 0.2) is 23.3 Å². The van der Waals surface area contributed by atoms with E-state index in [1.807, 2.05) is 18.2 Å². The van der Waals surface area contributed by atoms with Gasteiger partial charge in [0.15, 0.2) is 5.82 Å². The molecule has 0 bridgehead atoms. The molecule has 4 rings (SSSR count). The van der Waals surface area contributed by atoms with Crippen LogP contribution < -0.4 is 5.32 Å². The number of aromatic hydroxyl groups is 1. The molecule has 0 saturated heterocycles. The van der Waals surface area contributed by atoms with Crippen LogP contribution in [0.1, 0.15) is 36.9 Å². The molecule has 2 aromatic rings. The van der Waals surface area contributed by atoms with Gasteiger partial charge in [-0.15, -0.1) is 24.8 Å². The Labute approximate surface area is 152 Å². The smallest absolute Gasteiger partial charge is 0.238 e. The number of aromatic amines is 1. The van der Waals surface area contributed by atoms with Crippen molar-refractivity contribution >= 4 is 54.4 Å². The van der Waals surface area contributed by atoms with E-state index in [0.29, 0.717) is 23.5 Å². The number of H-pyrrole nitrogens is 1. The number of rotatable bonds is 3. The Bertz CT molecular complexity index is 766. The first-order valence-corrected chi connectivity index (χ1v) is 7.56. The van der Waals surface area contributed by atoms with Crippen molar-refractivity contribution in [1.82, 2.24) is 15.0 Å². The van der Waals surface area contributed by atoms with Crippen LogP contribution >= 0.6 is 24.8 Å². The van der Waals surface area contributed by atoms with E-state index in [-0.39, 0.29) is 30.7 Å². The summed E-state index contributed by atoms with van der Waals surface area (Å²) in [6, 6.07) is 4.29. The molecule has 0 spiro atoms. The van der Waals surface area contributed by atoms with Gasteiger partial charge in [0.25, 0.3) is 0 Å². The van der Waals surface area contributed by atoms with Gasteiger partial charge in [-0.05, 0) is 31.1 Å². The Kier molecular flexibility index (Phi) is 5.85. The number of allylic oxidation sites excluding steroid dienone is 1. The largest absolute Gasteiger partial charge is 0.492 e. The average molecular weight is 368 g/mol. The number of aliphatic imine (C=N–C) groups is 1. The van der Waals surface area contributed by atoms with Crippen LogP contribution in [0.25, 0.3) is 11.6 Å². The number of fused-ring (bicyclic) bond motifs is 1. The molecule has 1 fully saturated rings. The van der Waals surface area contributed by atoms with Crippen LogP contribution in [-0.4, -0.2) is 32.3 Å². The Morgan fingerprint density at radius 3 is 2.83 bits per heavy atom. The lowest BCUT2D eigenvalue weighted by molar-refractivity contribution is 0.455. The quantitative estimate of drug-likeness (QED) is 0.765. The first kappa shape index (κ1) is 18.3. The van der Waals surface area contributed by atoms with E-state index < -0.39 is 0 Å². The molecule has 0 atom stereocenters. The lowest BCUT2D eigenvalue weighted by Gasteiger charge is -2.09. The molecule has 0 unspecified atom stereocenters. The first-order chi connectivity index (χ1) is 10.8. The van der Waals surface area contributed by atoms with Crippen molar-refractivity contribution in [2.75, 3.05) is 5.32 Å². The lowest BCUT2D eigenvalue weighted by Crippen LogP contribution is -2.15. The molecule has 2 aliphatic rings. The van der Waals surface area contributed by atoms with Gasteiger partial charge in [-0.3, -0.25) is 0 Å². The normalized spacial score (nSPS) is 17.4. The number of nitrogens with one attached hydrogen (secondary N) is 2. The summed E-state index contributed by atoms with van der Waals surface area (Å²) >= 11 is 0. The van der Waals surface area contributed by atoms with Crippen LogP contribution in [0.4, 0.5) is 11.8 Å².